The van der Waals surface area contributed by atoms with E-state index in [1.807, 2.05) is 30.0 Å². The number of rotatable bonds is 6. The molecule has 0 aromatic carbocycles. The summed E-state index contributed by atoms with van der Waals surface area (Å²) in [5.41, 5.74) is 1.04. The summed E-state index contributed by atoms with van der Waals surface area (Å²) < 4.78 is 1.59. The number of carbonyl (C=O) groups is 2. The first kappa shape index (κ1) is 17.9. The molecule has 0 spiro atoms. The summed E-state index contributed by atoms with van der Waals surface area (Å²) in [5, 5.41) is 21.0. The van der Waals surface area contributed by atoms with Crippen LogP contribution in [0.3, 0.4) is 0 Å². The molecule has 144 valence electrons. The van der Waals surface area contributed by atoms with Crippen molar-refractivity contribution >= 4 is 17.3 Å². The molecule has 3 heterocycles. The van der Waals surface area contributed by atoms with Crippen molar-refractivity contribution in [2.24, 2.45) is 5.92 Å². The summed E-state index contributed by atoms with van der Waals surface area (Å²) in [6.07, 6.45) is 4.52. The van der Waals surface area contributed by atoms with Gasteiger partial charge in [-0.15, -0.1) is 5.10 Å². The first-order chi connectivity index (χ1) is 13.1. The highest BCUT2D eigenvalue weighted by atomic mass is 16.3. The Balaban J connectivity index is 1.45. The molecule has 1 aliphatic heterocycles. The number of likely N-dealkylation sites (tertiary alicyclic amines) is 1. The summed E-state index contributed by atoms with van der Waals surface area (Å²) in [6, 6.07) is 5.45. The zero-order valence-electron chi connectivity index (χ0n) is 15.4. The fourth-order valence-electron chi connectivity index (χ4n) is 4.46. The zero-order valence-corrected chi connectivity index (χ0v) is 15.4. The minimum Gasteiger partial charge on any atom is -0.393 e. The molecule has 1 saturated heterocycles. The molecule has 0 radical (unpaired) electrons. The molecule has 1 aliphatic carbocycles. The van der Waals surface area contributed by atoms with E-state index in [0.29, 0.717) is 30.1 Å². The summed E-state index contributed by atoms with van der Waals surface area (Å²) in [4.78, 5) is 27.1. The normalized spacial score (nSPS) is 25.1. The highest BCUT2D eigenvalue weighted by molar-refractivity contribution is 5.99. The maximum atomic E-state index is 13.1. The molecule has 2 fully saturated rings. The molecular weight excluding hydrogens is 346 g/mol. The minimum absolute atomic E-state index is 0.0183. The molecule has 2 bridgehead atoms. The molecular formula is C19H25N5O3. The van der Waals surface area contributed by atoms with Gasteiger partial charge in [0.25, 0.3) is 5.91 Å². The predicted molar refractivity (Wildman–Crippen MR) is 98.0 cm³/mol. The Morgan fingerprint density at radius 3 is 3.00 bits per heavy atom. The van der Waals surface area contributed by atoms with Crippen molar-refractivity contribution < 1.29 is 14.7 Å². The van der Waals surface area contributed by atoms with Crippen LogP contribution in [0.2, 0.25) is 0 Å². The van der Waals surface area contributed by atoms with Gasteiger partial charge in [-0.1, -0.05) is 24.6 Å². The first-order valence-corrected chi connectivity index (χ1v) is 9.65. The fourth-order valence-corrected chi connectivity index (χ4v) is 4.46. The zero-order chi connectivity index (χ0) is 19.0. The second-order valence-electron chi connectivity index (χ2n) is 7.65. The third kappa shape index (κ3) is 3.41. The van der Waals surface area contributed by atoms with Gasteiger partial charge in [0.05, 0.1) is 24.1 Å². The van der Waals surface area contributed by atoms with Crippen molar-refractivity contribution in [2.45, 2.75) is 57.2 Å². The van der Waals surface area contributed by atoms with Gasteiger partial charge in [-0.2, -0.15) is 0 Å². The van der Waals surface area contributed by atoms with Gasteiger partial charge in [-0.05, 0) is 37.3 Å². The Labute approximate surface area is 157 Å². The number of aliphatic hydroxyl groups is 1. The average molecular weight is 371 g/mol. The smallest absolute Gasteiger partial charge is 0.277 e. The number of nitrogens with zero attached hydrogens (tertiary/aromatic N) is 4. The number of piperidine rings is 1. The van der Waals surface area contributed by atoms with Crippen LogP contribution in [-0.4, -0.2) is 61.4 Å². The van der Waals surface area contributed by atoms with Gasteiger partial charge in [0, 0.05) is 18.8 Å². The lowest BCUT2D eigenvalue weighted by molar-refractivity contribution is -0.124. The molecule has 8 nitrogen and oxygen atoms in total. The van der Waals surface area contributed by atoms with Crippen molar-refractivity contribution in [1.29, 1.82) is 0 Å². The lowest BCUT2D eigenvalue weighted by Crippen LogP contribution is -2.52. The van der Waals surface area contributed by atoms with Gasteiger partial charge in [-0.3, -0.25) is 9.59 Å². The Morgan fingerprint density at radius 1 is 1.37 bits per heavy atom. The quantitative estimate of drug-likeness (QED) is 0.789. The van der Waals surface area contributed by atoms with Gasteiger partial charge >= 0.3 is 0 Å². The average Bonchev–Trinajstić information content (AvgIpc) is 3.34. The topological polar surface area (TPSA) is 99.8 Å². The molecule has 4 rings (SSSR count). The maximum absolute atomic E-state index is 13.1. The molecule has 2 aliphatic rings. The van der Waals surface area contributed by atoms with Crippen LogP contribution in [0.15, 0.2) is 24.4 Å². The van der Waals surface area contributed by atoms with E-state index in [9.17, 15) is 14.7 Å². The van der Waals surface area contributed by atoms with Crippen LogP contribution in [0.5, 0.6) is 0 Å². The number of aliphatic hydroxyl groups excluding tert-OH is 1. The number of amides is 2. The Bertz CT molecular complexity index is 851. The number of carbonyl (C=O) groups excluding carboxylic acids is 2. The van der Waals surface area contributed by atoms with Gasteiger partial charge in [0.2, 0.25) is 5.91 Å². The number of aromatic nitrogens is 3. The number of hydrogen-bond donors (Lipinski definition) is 2. The standard InChI is InChI=1S/C19H25N5O3/c1-2-5-13(25)10-17(26)20-14-8-12-9-16(14)23(11-12)19(27)18-15-6-3-4-7-24(15)22-21-18/h3-4,6-7,12-14,16,25H,2,5,8-11H2,1H3,(H,20,26)/t12-,13?,14-,16-/m1/s1. The van der Waals surface area contributed by atoms with Crippen LogP contribution < -0.4 is 5.32 Å². The number of fused-ring (bicyclic) bond motifs is 3. The van der Waals surface area contributed by atoms with E-state index >= 15 is 0 Å². The third-order valence-electron chi connectivity index (χ3n) is 5.66. The molecule has 8 heteroatoms. The van der Waals surface area contributed by atoms with Crippen LogP contribution in [0.4, 0.5) is 0 Å². The van der Waals surface area contributed by atoms with Crippen molar-refractivity contribution in [2.75, 3.05) is 6.54 Å². The van der Waals surface area contributed by atoms with E-state index < -0.39 is 6.10 Å². The van der Waals surface area contributed by atoms with Crippen LogP contribution in [0.25, 0.3) is 5.52 Å². The summed E-state index contributed by atoms with van der Waals surface area (Å²) in [5.74, 6) is 0.121. The fraction of sp³-hybridized carbons (Fsp3) is 0.579. The van der Waals surface area contributed by atoms with Crippen molar-refractivity contribution in [3.05, 3.63) is 30.1 Å². The van der Waals surface area contributed by atoms with Crippen molar-refractivity contribution in [3.8, 4) is 0 Å². The molecule has 2 aromatic heterocycles. The second kappa shape index (κ2) is 7.26. The minimum atomic E-state index is -0.602. The summed E-state index contributed by atoms with van der Waals surface area (Å²) in [7, 11) is 0. The van der Waals surface area contributed by atoms with E-state index in [1.165, 1.54) is 0 Å². The summed E-state index contributed by atoms with van der Waals surface area (Å²) >= 11 is 0. The van der Waals surface area contributed by atoms with Gasteiger partial charge in [0.1, 0.15) is 0 Å². The monoisotopic (exact) mass is 371 g/mol. The Morgan fingerprint density at radius 2 is 2.22 bits per heavy atom. The second-order valence-corrected chi connectivity index (χ2v) is 7.65. The van der Waals surface area contributed by atoms with Gasteiger partial charge < -0.3 is 15.3 Å². The van der Waals surface area contributed by atoms with E-state index in [0.717, 1.165) is 19.3 Å². The molecule has 2 N–H and O–H groups in total. The highest BCUT2D eigenvalue weighted by Gasteiger charge is 2.48. The molecule has 1 saturated carbocycles. The summed E-state index contributed by atoms with van der Waals surface area (Å²) in [6.45, 7) is 2.68. The van der Waals surface area contributed by atoms with Crippen LogP contribution in [-0.2, 0) is 4.79 Å². The number of nitrogens with one attached hydrogen (secondary N) is 1. The maximum Gasteiger partial charge on any atom is 0.277 e. The Kier molecular flexibility index (Phi) is 4.82. The largest absolute Gasteiger partial charge is 0.393 e. The molecule has 4 atom stereocenters. The lowest BCUT2D eigenvalue weighted by Gasteiger charge is -2.33. The number of hydrogen-bond acceptors (Lipinski definition) is 5. The highest BCUT2D eigenvalue weighted by Crippen LogP contribution is 2.38. The first-order valence-electron chi connectivity index (χ1n) is 9.65. The van der Waals surface area contributed by atoms with Crippen LogP contribution in [0.1, 0.15) is 49.5 Å². The van der Waals surface area contributed by atoms with E-state index in [4.69, 9.17) is 0 Å². The van der Waals surface area contributed by atoms with Crippen molar-refractivity contribution in [1.82, 2.24) is 25.0 Å². The lowest BCUT2D eigenvalue weighted by atomic mass is 10.0. The van der Waals surface area contributed by atoms with E-state index in [-0.39, 0.29) is 30.3 Å². The van der Waals surface area contributed by atoms with E-state index in [1.54, 1.807) is 10.7 Å². The van der Waals surface area contributed by atoms with Gasteiger partial charge in [-0.25, -0.2) is 4.52 Å². The molecule has 1 unspecified atom stereocenters. The van der Waals surface area contributed by atoms with E-state index in [2.05, 4.69) is 15.6 Å². The molecule has 27 heavy (non-hydrogen) atoms. The SMILES string of the molecule is CCCC(O)CC(=O)N[C@@H]1C[C@@H]2C[C@H]1N(C(=O)c1nnn3ccccc13)C2. The number of pyridine rings is 1. The van der Waals surface area contributed by atoms with Crippen LogP contribution in [0, 0.1) is 5.92 Å². The van der Waals surface area contributed by atoms with Gasteiger partial charge in [0.15, 0.2) is 5.69 Å². The molecule has 2 amide bonds. The van der Waals surface area contributed by atoms with Crippen LogP contribution >= 0.6 is 0 Å². The van der Waals surface area contributed by atoms with Crippen molar-refractivity contribution in [3.63, 3.8) is 0 Å². The third-order valence-corrected chi connectivity index (χ3v) is 5.66. The Hall–Kier alpha value is -2.48. The predicted octanol–water partition coefficient (Wildman–Crippen LogP) is 1.000. The molecule has 2 aromatic rings.